The van der Waals surface area contributed by atoms with Crippen LogP contribution in [-0.4, -0.2) is 15.0 Å². The molecule has 5 heteroatoms. The third-order valence-corrected chi connectivity index (χ3v) is 9.41. The van der Waals surface area contributed by atoms with Crippen LogP contribution in [0.1, 0.15) is 0 Å². The zero-order valence-electron chi connectivity index (χ0n) is 26.7. The molecule has 0 aliphatic carbocycles. The lowest BCUT2D eigenvalue weighted by Crippen LogP contribution is -1.97. The van der Waals surface area contributed by atoms with Crippen LogP contribution in [0.5, 0.6) is 0 Å². The van der Waals surface area contributed by atoms with Crippen LogP contribution < -0.4 is 0 Å². The quantitative estimate of drug-likeness (QED) is 0.187. The van der Waals surface area contributed by atoms with Crippen LogP contribution in [0.25, 0.3) is 100 Å². The Labute approximate surface area is 287 Å². The van der Waals surface area contributed by atoms with E-state index in [1.54, 1.807) is 6.20 Å². The maximum absolute atomic E-state index is 6.74. The van der Waals surface area contributed by atoms with E-state index < -0.39 is 0 Å². The Morgan fingerprint density at radius 3 is 1.86 bits per heavy atom. The molecule has 4 aromatic heterocycles. The third-order valence-electron chi connectivity index (χ3n) is 9.41. The zero-order chi connectivity index (χ0) is 33.0. The van der Waals surface area contributed by atoms with Gasteiger partial charge in [0.1, 0.15) is 22.3 Å². The van der Waals surface area contributed by atoms with E-state index in [2.05, 4.69) is 96.0 Å². The monoisotopic (exact) mass is 641 g/mol. The zero-order valence-corrected chi connectivity index (χ0v) is 26.7. The molecule has 0 spiro atoms. The van der Waals surface area contributed by atoms with Gasteiger partial charge in [0.25, 0.3) is 0 Å². The molecule has 5 nitrogen and oxygen atoms in total. The van der Waals surface area contributed by atoms with Crippen LogP contribution in [0.3, 0.4) is 0 Å². The highest BCUT2D eigenvalue weighted by Crippen LogP contribution is 2.45. The molecule has 50 heavy (non-hydrogen) atoms. The number of aromatic nitrogens is 3. The summed E-state index contributed by atoms with van der Waals surface area (Å²) in [6.45, 7) is 0. The van der Waals surface area contributed by atoms with Gasteiger partial charge in [-0.25, -0.2) is 9.97 Å². The van der Waals surface area contributed by atoms with Gasteiger partial charge >= 0.3 is 0 Å². The summed E-state index contributed by atoms with van der Waals surface area (Å²) >= 11 is 0. The van der Waals surface area contributed by atoms with Crippen molar-refractivity contribution in [2.75, 3.05) is 0 Å². The number of fused-ring (bicyclic) bond motifs is 6. The van der Waals surface area contributed by atoms with Gasteiger partial charge < -0.3 is 8.83 Å². The lowest BCUT2D eigenvalue weighted by atomic mass is 9.95. The molecule has 0 fully saturated rings. The van der Waals surface area contributed by atoms with E-state index in [-0.39, 0.29) is 0 Å². The van der Waals surface area contributed by atoms with Crippen LogP contribution in [0.15, 0.2) is 173 Å². The topological polar surface area (TPSA) is 65.0 Å². The van der Waals surface area contributed by atoms with E-state index in [0.717, 1.165) is 94.2 Å². The van der Waals surface area contributed by atoms with Crippen molar-refractivity contribution in [1.82, 2.24) is 15.0 Å². The summed E-state index contributed by atoms with van der Waals surface area (Å²) in [7, 11) is 0. The first-order valence-electron chi connectivity index (χ1n) is 16.6. The van der Waals surface area contributed by atoms with E-state index in [1.807, 2.05) is 66.9 Å². The molecule has 6 aromatic carbocycles. The Morgan fingerprint density at radius 2 is 1.04 bits per heavy atom. The van der Waals surface area contributed by atoms with Gasteiger partial charge in [-0.15, -0.1) is 0 Å². The smallest absolute Gasteiger partial charge is 0.161 e. The highest BCUT2D eigenvalue weighted by Gasteiger charge is 2.22. The largest absolute Gasteiger partial charge is 0.456 e. The Bertz CT molecular complexity index is 2870. The first-order valence-corrected chi connectivity index (χ1v) is 16.6. The maximum atomic E-state index is 6.74. The molecule has 0 aliphatic rings. The average molecular weight is 642 g/mol. The van der Waals surface area contributed by atoms with Gasteiger partial charge in [0.2, 0.25) is 0 Å². The fraction of sp³-hybridized carbons (Fsp3) is 0. The molecule has 234 valence electrons. The Kier molecular flexibility index (Phi) is 6.42. The predicted molar refractivity (Wildman–Crippen MR) is 202 cm³/mol. The summed E-state index contributed by atoms with van der Waals surface area (Å²) in [4.78, 5) is 14.8. The van der Waals surface area contributed by atoms with E-state index in [0.29, 0.717) is 5.82 Å². The van der Waals surface area contributed by atoms with Crippen molar-refractivity contribution >= 4 is 43.9 Å². The molecule has 10 aromatic rings. The second kappa shape index (κ2) is 11.4. The molecular weight excluding hydrogens is 615 g/mol. The van der Waals surface area contributed by atoms with Gasteiger partial charge in [-0.1, -0.05) is 103 Å². The summed E-state index contributed by atoms with van der Waals surface area (Å²) in [6.07, 6.45) is 3.68. The molecule has 10 rings (SSSR count). The van der Waals surface area contributed by atoms with Crippen molar-refractivity contribution in [1.29, 1.82) is 0 Å². The van der Waals surface area contributed by atoms with Crippen molar-refractivity contribution in [2.24, 2.45) is 0 Å². The second-order valence-electron chi connectivity index (χ2n) is 12.4. The molecular formula is C45H27N3O2. The van der Waals surface area contributed by atoms with Crippen molar-refractivity contribution in [3.05, 3.63) is 164 Å². The molecule has 0 N–H and O–H groups in total. The standard InChI is InChI=1S/C45H27N3O2/c1-2-11-28(12-3-1)37-26-38(30-14-8-13-29(25-30)31-15-10-24-46-27-31)48-45(47-37)36-23-22-33(44-43(36)35-17-5-7-20-40(35)50-44)32-18-9-21-41-42(32)34-16-4-6-19-39(34)49-41/h1-27H. The number of furan rings is 2. The Hall–Kier alpha value is -6.85. The van der Waals surface area contributed by atoms with Crippen molar-refractivity contribution in [3.63, 3.8) is 0 Å². The lowest BCUT2D eigenvalue weighted by Gasteiger charge is -2.12. The third kappa shape index (κ3) is 4.60. The van der Waals surface area contributed by atoms with Crippen molar-refractivity contribution < 1.29 is 8.83 Å². The van der Waals surface area contributed by atoms with Crippen molar-refractivity contribution in [2.45, 2.75) is 0 Å². The molecule has 4 heterocycles. The maximum Gasteiger partial charge on any atom is 0.161 e. The minimum atomic E-state index is 0.628. The summed E-state index contributed by atoms with van der Waals surface area (Å²) < 4.78 is 13.0. The minimum Gasteiger partial charge on any atom is -0.456 e. The van der Waals surface area contributed by atoms with Gasteiger partial charge in [-0.2, -0.15) is 0 Å². The summed E-state index contributed by atoms with van der Waals surface area (Å²) in [6, 6.07) is 51.7. The molecule has 0 saturated heterocycles. The normalized spacial score (nSPS) is 11.6. The number of pyridine rings is 1. The molecule has 0 bridgehead atoms. The van der Waals surface area contributed by atoms with E-state index in [9.17, 15) is 0 Å². The van der Waals surface area contributed by atoms with Crippen molar-refractivity contribution in [3.8, 4) is 56.2 Å². The molecule has 0 amide bonds. The fourth-order valence-corrected chi connectivity index (χ4v) is 7.09. The second-order valence-corrected chi connectivity index (χ2v) is 12.4. The van der Waals surface area contributed by atoms with Crippen LogP contribution in [0.4, 0.5) is 0 Å². The highest BCUT2D eigenvalue weighted by molar-refractivity contribution is 6.20. The summed E-state index contributed by atoms with van der Waals surface area (Å²) in [5.74, 6) is 0.628. The van der Waals surface area contributed by atoms with Crippen LogP contribution >= 0.6 is 0 Å². The number of nitrogens with zero attached hydrogens (tertiary/aromatic N) is 3. The van der Waals surface area contributed by atoms with E-state index in [4.69, 9.17) is 18.8 Å². The van der Waals surface area contributed by atoms with Crippen LogP contribution in [0.2, 0.25) is 0 Å². The molecule has 0 radical (unpaired) electrons. The SMILES string of the molecule is c1ccc(-c2cc(-c3cccc(-c4cccnc4)c3)nc(-c3ccc(-c4cccc5oc6ccccc6c45)c4oc5ccccc5c34)n2)cc1. The van der Waals surface area contributed by atoms with E-state index in [1.165, 1.54) is 0 Å². The molecule has 0 unspecified atom stereocenters. The Balaban J connectivity index is 1.23. The van der Waals surface area contributed by atoms with Gasteiger partial charge in [-0.3, -0.25) is 4.98 Å². The number of hydrogen-bond donors (Lipinski definition) is 0. The highest BCUT2D eigenvalue weighted by atomic mass is 16.3. The number of rotatable bonds is 5. The molecule has 0 atom stereocenters. The predicted octanol–water partition coefficient (Wildman–Crippen LogP) is 12.0. The fourth-order valence-electron chi connectivity index (χ4n) is 7.09. The van der Waals surface area contributed by atoms with Gasteiger partial charge in [0, 0.05) is 61.8 Å². The number of para-hydroxylation sites is 2. The van der Waals surface area contributed by atoms with Gasteiger partial charge in [0.05, 0.1) is 11.4 Å². The van der Waals surface area contributed by atoms with Crippen LogP contribution in [0, 0.1) is 0 Å². The summed E-state index contributed by atoms with van der Waals surface area (Å²) in [5, 5.41) is 4.12. The van der Waals surface area contributed by atoms with Gasteiger partial charge in [-0.05, 0) is 59.7 Å². The van der Waals surface area contributed by atoms with E-state index >= 15 is 0 Å². The first-order chi connectivity index (χ1) is 24.8. The molecule has 0 aliphatic heterocycles. The van der Waals surface area contributed by atoms with Crippen LogP contribution in [-0.2, 0) is 0 Å². The number of hydrogen-bond acceptors (Lipinski definition) is 5. The Morgan fingerprint density at radius 1 is 0.400 bits per heavy atom. The number of benzene rings is 6. The molecule has 0 saturated carbocycles. The summed E-state index contributed by atoms with van der Waals surface area (Å²) in [5.41, 5.74) is 12.1. The minimum absolute atomic E-state index is 0.628. The first kappa shape index (κ1) is 28.2. The van der Waals surface area contributed by atoms with Gasteiger partial charge in [0.15, 0.2) is 5.82 Å². The lowest BCUT2D eigenvalue weighted by molar-refractivity contribution is 0.668. The average Bonchev–Trinajstić information content (AvgIpc) is 3.77.